The molecule has 1 aromatic carbocycles. The van der Waals surface area contributed by atoms with Crippen LogP contribution in [0.1, 0.15) is 23.7 Å². The van der Waals surface area contributed by atoms with Gasteiger partial charge in [0.15, 0.2) is 11.6 Å². The summed E-state index contributed by atoms with van der Waals surface area (Å²) < 4.78 is 13.1. The lowest BCUT2D eigenvalue weighted by atomic mass is 10.1. The third kappa shape index (κ3) is 1.64. The van der Waals surface area contributed by atoms with Crippen LogP contribution >= 0.6 is 11.6 Å². The Morgan fingerprint density at radius 1 is 1.58 bits per heavy atom. The lowest BCUT2D eigenvalue weighted by Crippen LogP contribution is -2.00. The fraction of sp³-hybridized carbons (Fsp3) is 0.222. The summed E-state index contributed by atoms with van der Waals surface area (Å²) in [6.07, 6.45) is 0.289. The molecule has 0 fully saturated rings. The van der Waals surface area contributed by atoms with E-state index < -0.39 is 5.82 Å². The summed E-state index contributed by atoms with van der Waals surface area (Å²) in [4.78, 5) is 11.1. The van der Waals surface area contributed by atoms with Gasteiger partial charge in [-0.15, -0.1) is 0 Å². The van der Waals surface area contributed by atoms with Crippen LogP contribution in [0.3, 0.4) is 0 Å². The molecule has 0 aliphatic rings. The molecular weight excluding hydrogens is 179 g/mol. The van der Waals surface area contributed by atoms with Crippen molar-refractivity contribution in [1.82, 2.24) is 0 Å². The largest absolute Gasteiger partial charge is 0.294 e. The monoisotopic (exact) mass is 186 g/mol. The van der Waals surface area contributed by atoms with Crippen LogP contribution in [0.4, 0.5) is 4.39 Å². The molecule has 64 valence electrons. The van der Waals surface area contributed by atoms with Gasteiger partial charge in [0.05, 0.1) is 10.6 Å². The number of benzene rings is 1. The van der Waals surface area contributed by atoms with Gasteiger partial charge in [0.25, 0.3) is 0 Å². The molecule has 0 spiro atoms. The number of hydrogen-bond acceptors (Lipinski definition) is 1. The van der Waals surface area contributed by atoms with Crippen LogP contribution in [-0.4, -0.2) is 5.78 Å². The number of halogens is 2. The Labute approximate surface area is 75.2 Å². The molecule has 3 heteroatoms. The third-order valence-corrected chi connectivity index (χ3v) is 1.87. The van der Waals surface area contributed by atoms with Gasteiger partial charge in [-0.05, 0) is 12.1 Å². The number of carbonyl (C=O) groups is 1. The Balaban J connectivity index is 3.16. The second kappa shape index (κ2) is 3.68. The Kier molecular flexibility index (Phi) is 2.82. The zero-order valence-electron chi connectivity index (χ0n) is 6.60. The number of rotatable bonds is 2. The van der Waals surface area contributed by atoms with Crippen molar-refractivity contribution in [2.75, 3.05) is 0 Å². The standard InChI is InChI=1S/C9H8ClFO/c1-2-8(12)6-4-3-5-7(10)9(6)11/h3-5H,2H2,1H3. The first-order chi connectivity index (χ1) is 5.66. The zero-order chi connectivity index (χ0) is 9.14. The molecular formula is C9H8ClFO. The Morgan fingerprint density at radius 2 is 2.25 bits per heavy atom. The van der Waals surface area contributed by atoms with Crippen molar-refractivity contribution in [2.24, 2.45) is 0 Å². The van der Waals surface area contributed by atoms with Crippen molar-refractivity contribution in [3.63, 3.8) is 0 Å². The first kappa shape index (κ1) is 9.20. The Bertz CT molecular complexity index is 309. The molecule has 0 bridgehead atoms. The molecule has 0 N–H and O–H groups in total. The highest BCUT2D eigenvalue weighted by Gasteiger charge is 2.11. The average Bonchev–Trinajstić information content (AvgIpc) is 2.08. The van der Waals surface area contributed by atoms with Crippen molar-refractivity contribution in [2.45, 2.75) is 13.3 Å². The molecule has 0 heterocycles. The van der Waals surface area contributed by atoms with Crippen LogP contribution in [0, 0.1) is 5.82 Å². The van der Waals surface area contributed by atoms with E-state index in [0.29, 0.717) is 0 Å². The zero-order valence-corrected chi connectivity index (χ0v) is 7.36. The van der Waals surface area contributed by atoms with Gasteiger partial charge < -0.3 is 0 Å². The maximum atomic E-state index is 13.1. The van der Waals surface area contributed by atoms with E-state index in [-0.39, 0.29) is 22.8 Å². The molecule has 0 saturated heterocycles. The number of hydrogen-bond donors (Lipinski definition) is 0. The lowest BCUT2D eigenvalue weighted by molar-refractivity contribution is 0.0984. The van der Waals surface area contributed by atoms with Crippen molar-refractivity contribution in [3.05, 3.63) is 34.6 Å². The lowest BCUT2D eigenvalue weighted by Gasteiger charge is -2.00. The summed E-state index contributed by atoms with van der Waals surface area (Å²) in [6, 6.07) is 4.42. The first-order valence-corrected chi connectivity index (χ1v) is 4.01. The van der Waals surface area contributed by atoms with Gasteiger partial charge in [-0.25, -0.2) is 4.39 Å². The molecule has 0 radical (unpaired) electrons. The summed E-state index contributed by atoms with van der Waals surface area (Å²) in [5, 5.41) is -0.00528. The van der Waals surface area contributed by atoms with Crippen LogP contribution in [-0.2, 0) is 0 Å². The summed E-state index contributed by atoms with van der Waals surface area (Å²) in [7, 11) is 0. The van der Waals surface area contributed by atoms with E-state index in [2.05, 4.69) is 0 Å². The fourth-order valence-corrected chi connectivity index (χ4v) is 1.08. The van der Waals surface area contributed by atoms with Gasteiger partial charge in [0.1, 0.15) is 0 Å². The van der Waals surface area contributed by atoms with Gasteiger partial charge in [-0.2, -0.15) is 0 Å². The van der Waals surface area contributed by atoms with E-state index in [9.17, 15) is 9.18 Å². The molecule has 1 aromatic rings. The van der Waals surface area contributed by atoms with Gasteiger partial charge in [-0.1, -0.05) is 24.6 Å². The second-order valence-electron chi connectivity index (χ2n) is 2.38. The molecule has 1 rings (SSSR count). The molecule has 0 atom stereocenters. The smallest absolute Gasteiger partial charge is 0.165 e. The van der Waals surface area contributed by atoms with Gasteiger partial charge in [0.2, 0.25) is 0 Å². The van der Waals surface area contributed by atoms with Crippen LogP contribution in [0.5, 0.6) is 0 Å². The quantitative estimate of drug-likeness (QED) is 0.649. The van der Waals surface area contributed by atoms with E-state index in [4.69, 9.17) is 11.6 Å². The highest BCUT2D eigenvalue weighted by molar-refractivity contribution is 6.31. The maximum absolute atomic E-state index is 13.1. The molecule has 12 heavy (non-hydrogen) atoms. The maximum Gasteiger partial charge on any atom is 0.165 e. The van der Waals surface area contributed by atoms with Crippen LogP contribution in [0.2, 0.25) is 5.02 Å². The molecule has 0 unspecified atom stereocenters. The topological polar surface area (TPSA) is 17.1 Å². The number of ketones is 1. The summed E-state index contributed by atoms with van der Waals surface area (Å²) in [6.45, 7) is 1.68. The summed E-state index contributed by atoms with van der Waals surface area (Å²) >= 11 is 5.49. The molecule has 1 nitrogen and oxygen atoms in total. The minimum Gasteiger partial charge on any atom is -0.294 e. The van der Waals surface area contributed by atoms with Crippen molar-refractivity contribution in [3.8, 4) is 0 Å². The highest BCUT2D eigenvalue weighted by Crippen LogP contribution is 2.18. The Morgan fingerprint density at radius 3 is 2.83 bits per heavy atom. The van der Waals surface area contributed by atoms with E-state index in [1.165, 1.54) is 12.1 Å². The predicted molar refractivity (Wildman–Crippen MR) is 46.0 cm³/mol. The minimum absolute atomic E-state index is 0.00528. The number of carbonyl (C=O) groups excluding carboxylic acids is 1. The summed E-state index contributed by atoms with van der Waals surface area (Å²) in [5.41, 5.74) is 0.0741. The fourth-order valence-electron chi connectivity index (χ4n) is 0.910. The van der Waals surface area contributed by atoms with Crippen LogP contribution in [0.25, 0.3) is 0 Å². The number of Topliss-reactive ketones (excluding diaryl/α,β-unsaturated/α-hetero) is 1. The van der Waals surface area contributed by atoms with Crippen molar-refractivity contribution in [1.29, 1.82) is 0 Å². The Hall–Kier alpha value is -0.890. The third-order valence-electron chi connectivity index (χ3n) is 1.57. The molecule has 0 aliphatic carbocycles. The van der Waals surface area contributed by atoms with E-state index in [1.807, 2.05) is 0 Å². The SMILES string of the molecule is CCC(=O)c1cccc(Cl)c1F. The second-order valence-corrected chi connectivity index (χ2v) is 2.79. The molecule has 0 aliphatic heterocycles. The highest BCUT2D eigenvalue weighted by atomic mass is 35.5. The first-order valence-electron chi connectivity index (χ1n) is 3.64. The van der Waals surface area contributed by atoms with Crippen LogP contribution < -0.4 is 0 Å². The molecule has 0 aromatic heterocycles. The predicted octanol–water partition coefficient (Wildman–Crippen LogP) is 3.07. The molecule has 0 amide bonds. The van der Waals surface area contributed by atoms with E-state index in [0.717, 1.165) is 0 Å². The van der Waals surface area contributed by atoms with Gasteiger partial charge in [0, 0.05) is 6.42 Å². The van der Waals surface area contributed by atoms with E-state index in [1.54, 1.807) is 13.0 Å². The molecule has 0 saturated carbocycles. The van der Waals surface area contributed by atoms with Gasteiger partial charge >= 0.3 is 0 Å². The summed E-state index contributed by atoms with van der Waals surface area (Å²) in [5.74, 6) is -0.846. The van der Waals surface area contributed by atoms with Crippen molar-refractivity contribution < 1.29 is 9.18 Å². The van der Waals surface area contributed by atoms with Crippen LogP contribution in [0.15, 0.2) is 18.2 Å². The van der Waals surface area contributed by atoms with Gasteiger partial charge in [-0.3, -0.25) is 4.79 Å². The minimum atomic E-state index is -0.619. The van der Waals surface area contributed by atoms with E-state index >= 15 is 0 Å². The normalized spacial score (nSPS) is 9.92. The average molecular weight is 187 g/mol. The van der Waals surface area contributed by atoms with Crippen molar-refractivity contribution >= 4 is 17.4 Å².